The fraction of sp³-hybridized carbons (Fsp3) is 0.0769. The molecule has 4 aromatic rings. The van der Waals surface area contributed by atoms with Gasteiger partial charge in [0.1, 0.15) is 0 Å². The second kappa shape index (κ2) is 8.83. The van der Waals surface area contributed by atoms with E-state index in [-0.39, 0.29) is 0 Å². The van der Waals surface area contributed by atoms with Gasteiger partial charge < -0.3 is 4.98 Å². The first-order chi connectivity index (χ1) is 13.9. The van der Waals surface area contributed by atoms with Gasteiger partial charge in [-0.15, -0.1) is 0 Å². The first kappa shape index (κ1) is 18.4. The average molecular weight is 380 g/mol. The Morgan fingerprint density at radius 3 is 1.21 bits per heavy atom. The second-order valence-electron chi connectivity index (χ2n) is 7.01. The topological polar surface area (TPSA) is 12.0 Å². The summed E-state index contributed by atoms with van der Waals surface area (Å²) in [6, 6.07) is 43.6. The number of benzene rings is 4. The van der Waals surface area contributed by atoms with Crippen molar-refractivity contribution in [1.29, 1.82) is 0 Å². The molecule has 1 N–H and O–H groups in total. The van der Waals surface area contributed by atoms with E-state index < -0.39 is 8.24 Å². The molecule has 0 spiro atoms. The fourth-order valence-corrected chi connectivity index (χ4v) is 8.10. The average Bonchev–Trinajstić information content (AvgIpc) is 2.79. The van der Waals surface area contributed by atoms with Gasteiger partial charge in [-0.25, -0.2) is 0 Å². The van der Waals surface area contributed by atoms with Crippen LogP contribution in [-0.2, 0) is 6.42 Å². The van der Waals surface area contributed by atoms with Crippen molar-refractivity contribution in [1.82, 2.24) is 4.98 Å². The Hall–Kier alpha value is -2.94. The highest BCUT2D eigenvalue weighted by Crippen LogP contribution is 2.06. The number of nitrogens with one attached hydrogen (secondary N) is 1. The highest BCUT2D eigenvalue weighted by atomic mass is 28.3. The third-order valence-electron chi connectivity index (χ3n) is 5.27. The summed E-state index contributed by atoms with van der Waals surface area (Å²) < 4.78 is 0. The maximum atomic E-state index is 4.07. The van der Waals surface area contributed by atoms with Crippen LogP contribution in [0.15, 0.2) is 121 Å². The Labute approximate surface area is 168 Å². The monoisotopic (exact) mass is 379 g/mol. The lowest BCUT2D eigenvalue weighted by Crippen LogP contribution is -2.76. The van der Waals surface area contributed by atoms with E-state index in [1.165, 1.54) is 21.1 Å². The van der Waals surface area contributed by atoms with Crippen molar-refractivity contribution in [2.75, 3.05) is 6.54 Å². The van der Waals surface area contributed by atoms with Crippen LogP contribution in [0.25, 0.3) is 0 Å². The molecule has 28 heavy (non-hydrogen) atoms. The van der Waals surface area contributed by atoms with Crippen LogP contribution in [0.2, 0.25) is 0 Å². The number of hydrogen-bond donors (Lipinski definition) is 1. The zero-order valence-corrected chi connectivity index (χ0v) is 17.0. The van der Waals surface area contributed by atoms with E-state index in [1.807, 2.05) is 0 Å². The minimum absolute atomic E-state index is 0.939. The van der Waals surface area contributed by atoms with Gasteiger partial charge in [-0.1, -0.05) is 121 Å². The molecule has 1 nitrogen and oxygen atoms in total. The van der Waals surface area contributed by atoms with Crippen LogP contribution in [0.5, 0.6) is 0 Å². The summed E-state index contributed by atoms with van der Waals surface area (Å²) in [6.45, 7) is 0.939. The molecule has 0 radical (unpaired) electrons. The number of hydrogen-bond acceptors (Lipinski definition) is 1. The summed E-state index contributed by atoms with van der Waals surface area (Å²) in [4.78, 5) is 4.07. The molecule has 0 aliphatic heterocycles. The van der Waals surface area contributed by atoms with Crippen LogP contribution < -0.4 is 20.5 Å². The minimum atomic E-state index is -2.33. The molecule has 0 amide bonds. The maximum Gasteiger partial charge on any atom is 0.222 e. The Kier molecular flexibility index (Phi) is 5.81. The van der Waals surface area contributed by atoms with E-state index >= 15 is 0 Å². The van der Waals surface area contributed by atoms with E-state index in [0.717, 1.165) is 13.0 Å². The third kappa shape index (κ3) is 3.84. The fourth-order valence-electron chi connectivity index (χ4n) is 3.91. The Morgan fingerprint density at radius 1 is 0.464 bits per heavy atom. The molecule has 0 aromatic heterocycles. The summed E-state index contributed by atoms with van der Waals surface area (Å²) in [5.41, 5.74) is 1.37. The molecule has 0 atom stereocenters. The Bertz CT molecular complexity index is 873. The third-order valence-corrected chi connectivity index (χ3v) is 9.65. The van der Waals surface area contributed by atoms with Gasteiger partial charge in [0.15, 0.2) is 0 Å². The molecule has 0 fully saturated rings. The number of rotatable bonds is 7. The lowest BCUT2D eigenvalue weighted by atomic mass is 10.2. The molecule has 0 saturated heterocycles. The first-order valence-corrected chi connectivity index (χ1v) is 11.8. The van der Waals surface area contributed by atoms with Gasteiger partial charge in [0, 0.05) is 0 Å². The molecule has 2 heteroatoms. The van der Waals surface area contributed by atoms with Gasteiger partial charge in [-0.05, 0) is 34.1 Å². The molecule has 0 aliphatic rings. The smallest absolute Gasteiger partial charge is 0.222 e. The van der Waals surface area contributed by atoms with Crippen molar-refractivity contribution >= 4 is 23.8 Å². The van der Waals surface area contributed by atoms with Crippen molar-refractivity contribution in [3.63, 3.8) is 0 Å². The molecular formula is C26H25NSi. The molecule has 0 heterocycles. The van der Waals surface area contributed by atoms with Crippen molar-refractivity contribution in [3.05, 3.63) is 127 Å². The van der Waals surface area contributed by atoms with Gasteiger partial charge in [-0.3, -0.25) is 0 Å². The quantitative estimate of drug-likeness (QED) is 0.383. The van der Waals surface area contributed by atoms with Gasteiger partial charge in [0.2, 0.25) is 8.24 Å². The van der Waals surface area contributed by atoms with Crippen LogP contribution >= 0.6 is 0 Å². The van der Waals surface area contributed by atoms with Gasteiger partial charge in [-0.2, -0.15) is 0 Å². The molecule has 0 unspecified atom stereocenters. The summed E-state index contributed by atoms with van der Waals surface area (Å²) in [7, 11) is -2.33. The van der Waals surface area contributed by atoms with Crippen molar-refractivity contribution < 1.29 is 0 Å². The van der Waals surface area contributed by atoms with E-state index in [9.17, 15) is 0 Å². The van der Waals surface area contributed by atoms with Crippen molar-refractivity contribution in [2.45, 2.75) is 6.42 Å². The molecule has 138 valence electrons. The normalized spacial score (nSPS) is 11.3. The largest absolute Gasteiger partial charge is 0.326 e. The highest BCUT2D eigenvalue weighted by molar-refractivity contribution is 7.09. The standard InChI is InChI=1S/C26H25NSi/c1-5-13-23(14-6-1)21-22-27-28(24-15-7-2-8-16-24,25-17-9-3-10-18-25)26-19-11-4-12-20-26/h1-20,27H,21-22H2. The van der Waals surface area contributed by atoms with E-state index in [1.54, 1.807) is 0 Å². The van der Waals surface area contributed by atoms with Crippen molar-refractivity contribution in [3.8, 4) is 0 Å². The first-order valence-electron chi connectivity index (χ1n) is 9.85. The van der Waals surface area contributed by atoms with Gasteiger partial charge in [0.25, 0.3) is 0 Å². The van der Waals surface area contributed by atoms with E-state index in [0.29, 0.717) is 0 Å². The highest BCUT2D eigenvalue weighted by Gasteiger charge is 2.39. The summed E-state index contributed by atoms with van der Waals surface area (Å²) >= 11 is 0. The van der Waals surface area contributed by atoms with Gasteiger partial charge in [0.05, 0.1) is 0 Å². The maximum absolute atomic E-state index is 4.07. The van der Waals surface area contributed by atoms with Crippen molar-refractivity contribution in [2.24, 2.45) is 0 Å². The predicted molar refractivity (Wildman–Crippen MR) is 122 cm³/mol. The predicted octanol–water partition coefficient (Wildman–Crippen LogP) is 3.49. The molecule has 4 rings (SSSR count). The molecule has 0 aliphatic carbocycles. The summed E-state index contributed by atoms with van der Waals surface area (Å²) in [5, 5.41) is 4.17. The van der Waals surface area contributed by atoms with Crippen LogP contribution in [0.4, 0.5) is 0 Å². The molecule has 0 saturated carbocycles. The lowest BCUT2D eigenvalue weighted by molar-refractivity contribution is 0.878. The molecule has 4 aromatic carbocycles. The zero-order chi connectivity index (χ0) is 19.1. The van der Waals surface area contributed by atoms with Crippen LogP contribution in [0.3, 0.4) is 0 Å². The van der Waals surface area contributed by atoms with Crippen LogP contribution in [-0.4, -0.2) is 14.8 Å². The summed E-state index contributed by atoms with van der Waals surface area (Å²) in [5.74, 6) is 0. The van der Waals surface area contributed by atoms with Crippen LogP contribution in [0, 0.1) is 0 Å². The van der Waals surface area contributed by atoms with Crippen LogP contribution in [0.1, 0.15) is 5.56 Å². The van der Waals surface area contributed by atoms with E-state index in [2.05, 4.69) is 126 Å². The minimum Gasteiger partial charge on any atom is -0.326 e. The SMILES string of the molecule is c1ccc(CCN[Si](c2ccccc2)(c2ccccc2)c2ccccc2)cc1. The van der Waals surface area contributed by atoms with E-state index in [4.69, 9.17) is 0 Å². The van der Waals surface area contributed by atoms with Gasteiger partial charge >= 0.3 is 0 Å². The Morgan fingerprint density at radius 2 is 0.821 bits per heavy atom. The Balaban J connectivity index is 1.79. The molecule has 0 bridgehead atoms. The second-order valence-corrected chi connectivity index (χ2v) is 10.6. The zero-order valence-electron chi connectivity index (χ0n) is 16.0. The lowest BCUT2D eigenvalue weighted by Gasteiger charge is -2.34. The molecular weight excluding hydrogens is 354 g/mol. The summed E-state index contributed by atoms with van der Waals surface area (Å²) in [6.07, 6.45) is 1.02.